The molecule has 18 heavy (non-hydrogen) atoms. The van der Waals surface area contributed by atoms with Crippen molar-refractivity contribution >= 4 is 23.2 Å². The number of aromatic hydroxyl groups is 2. The minimum atomic E-state index is -1.76. The standard InChI is InChI=1S/C12H10Cl2O4/c13-6-3-4-12(18,5-9(6)16)10-8(15)2-1-7(14)11(10)17/h1-4,15-18H,5H2. The highest BCUT2D eigenvalue weighted by Crippen LogP contribution is 2.46. The van der Waals surface area contributed by atoms with Crippen LogP contribution in [0.1, 0.15) is 12.0 Å². The molecule has 0 fully saturated rings. The zero-order valence-corrected chi connectivity index (χ0v) is 10.6. The number of hydrogen-bond donors (Lipinski definition) is 4. The van der Waals surface area contributed by atoms with Gasteiger partial charge in [-0.05, 0) is 24.3 Å². The number of aliphatic hydroxyl groups excluding tert-OH is 1. The van der Waals surface area contributed by atoms with Gasteiger partial charge in [-0.3, -0.25) is 0 Å². The second-order valence-electron chi connectivity index (χ2n) is 4.02. The smallest absolute Gasteiger partial charge is 0.144 e. The molecule has 0 aliphatic heterocycles. The third-order valence-electron chi connectivity index (χ3n) is 2.76. The molecule has 2 rings (SSSR count). The normalized spacial score (nSPS) is 23.5. The first-order chi connectivity index (χ1) is 8.35. The van der Waals surface area contributed by atoms with Crippen molar-refractivity contribution in [2.45, 2.75) is 12.0 Å². The first-order valence-electron chi connectivity index (χ1n) is 5.05. The minimum Gasteiger partial charge on any atom is -0.511 e. The highest BCUT2D eigenvalue weighted by molar-refractivity contribution is 6.32. The summed E-state index contributed by atoms with van der Waals surface area (Å²) in [4.78, 5) is 0. The lowest BCUT2D eigenvalue weighted by atomic mass is 9.85. The molecule has 1 aliphatic rings. The average molecular weight is 289 g/mol. The Morgan fingerprint density at radius 3 is 2.39 bits per heavy atom. The molecular formula is C12H10Cl2O4. The van der Waals surface area contributed by atoms with Crippen molar-refractivity contribution in [3.63, 3.8) is 0 Å². The van der Waals surface area contributed by atoms with Crippen LogP contribution in [0.25, 0.3) is 0 Å². The van der Waals surface area contributed by atoms with Crippen LogP contribution in [0, 0.1) is 0 Å². The monoisotopic (exact) mass is 288 g/mol. The molecule has 1 aromatic rings. The van der Waals surface area contributed by atoms with Crippen LogP contribution in [-0.4, -0.2) is 20.4 Å². The lowest BCUT2D eigenvalue weighted by Gasteiger charge is -2.29. The highest BCUT2D eigenvalue weighted by atomic mass is 35.5. The Hall–Kier alpha value is -1.36. The third-order valence-corrected chi connectivity index (χ3v) is 3.41. The van der Waals surface area contributed by atoms with Gasteiger partial charge in [-0.1, -0.05) is 23.2 Å². The number of halogens is 2. The molecule has 1 aliphatic carbocycles. The van der Waals surface area contributed by atoms with E-state index in [4.69, 9.17) is 23.2 Å². The van der Waals surface area contributed by atoms with Gasteiger partial charge in [0.1, 0.15) is 22.9 Å². The molecule has 0 spiro atoms. The van der Waals surface area contributed by atoms with Crippen molar-refractivity contribution < 1.29 is 20.4 Å². The maximum absolute atomic E-state index is 10.4. The van der Waals surface area contributed by atoms with Crippen LogP contribution in [0.2, 0.25) is 5.02 Å². The summed E-state index contributed by atoms with van der Waals surface area (Å²) in [5, 5.41) is 39.6. The SMILES string of the molecule is OC1=C(Cl)C=CC(O)(c2c(O)ccc(Cl)c2O)C1. The topological polar surface area (TPSA) is 80.9 Å². The molecule has 1 atom stereocenters. The van der Waals surface area contributed by atoms with Crippen LogP contribution >= 0.6 is 23.2 Å². The van der Waals surface area contributed by atoms with Gasteiger partial charge in [-0.25, -0.2) is 0 Å². The van der Waals surface area contributed by atoms with E-state index >= 15 is 0 Å². The van der Waals surface area contributed by atoms with E-state index in [1.807, 2.05) is 0 Å². The Balaban J connectivity index is 2.57. The van der Waals surface area contributed by atoms with Gasteiger partial charge in [0.2, 0.25) is 0 Å². The van der Waals surface area contributed by atoms with Gasteiger partial charge >= 0.3 is 0 Å². The molecule has 1 unspecified atom stereocenters. The molecule has 96 valence electrons. The first kappa shape index (κ1) is 13.1. The predicted molar refractivity (Wildman–Crippen MR) is 67.9 cm³/mol. The Bertz CT molecular complexity index is 565. The number of hydrogen-bond acceptors (Lipinski definition) is 4. The van der Waals surface area contributed by atoms with E-state index in [1.54, 1.807) is 0 Å². The number of aliphatic hydroxyl groups is 2. The molecule has 0 saturated carbocycles. The highest BCUT2D eigenvalue weighted by Gasteiger charge is 2.36. The zero-order valence-electron chi connectivity index (χ0n) is 9.06. The van der Waals surface area contributed by atoms with Gasteiger partial charge in [0, 0.05) is 6.42 Å². The second-order valence-corrected chi connectivity index (χ2v) is 4.83. The summed E-state index contributed by atoms with van der Waals surface area (Å²) >= 11 is 11.4. The third kappa shape index (κ3) is 2.03. The fourth-order valence-electron chi connectivity index (χ4n) is 1.86. The van der Waals surface area contributed by atoms with E-state index in [1.165, 1.54) is 24.3 Å². The van der Waals surface area contributed by atoms with Crippen LogP contribution in [0.4, 0.5) is 0 Å². The van der Waals surface area contributed by atoms with Crippen molar-refractivity contribution in [1.82, 2.24) is 0 Å². The lowest BCUT2D eigenvalue weighted by Crippen LogP contribution is -2.26. The van der Waals surface area contributed by atoms with Crippen molar-refractivity contribution in [3.05, 3.63) is 45.7 Å². The first-order valence-corrected chi connectivity index (χ1v) is 5.81. The molecule has 6 heteroatoms. The molecule has 4 N–H and O–H groups in total. The van der Waals surface area contributed by atoms with Gasteiger partial charge in [-0.15, -0.1) is 0 Å². The second kappa shape index (κ2) is 4.39. The summed E-state index contributed by atoms with van der Waals surface area (Å²) in [6, 6.07) is 2.55. The number of benzene rings is 1. The van der Waals surface area contributed by atoms with Gasteiger partial charge in [0.25, 0.3) is 0 Å². The van der Waals surface area contributed by atoms with E-state index in [0.29, 0.717) is 0 Å². The summed E-state index contributed by atoms with van der Waals surface area (Å²) in [6.07, 6.45) is 2.31. The molecule has 0 aromatic heterocycles. The van der Waals surface area contributed by atoms with Crippen molar-refractivity contribution in [2.24, 2.45) is 0 Å². The lowest BCUT2D eigenvalue weighted by molar-refractivity contribution is 0.0697. The molecular weight excluding hydrogens is 279 g/mol. The number of phenols is 2. The molecule has 4 nitrogen and oxygen atoms in total. The van der Waals surface area contributed by atoms with Gasteiger partial charge < -0.3 is 20.4 Å². The molecule has 0 saturated heterocycles. The van der Waals surface area contributed by atoms with Crippen LogP contribution < -0.4 is 0 Å². The summed E-state index contributed by atoms with van der Waals surface area (Å²) < 4.78 is 0. The molecule has 1 aromatic carbocycles. The van der Waals surface area contributed by atoms with Crippen molar-refractivity contribution in [2.75, 3.05) is 0 Å². The van der Waals surface area contributed by atoms with E-state index in [2.05, 4.69) is 0 Å². The van der Waals surface area contributed by atoms with Crippen LogP contribution in [0.5, 0.6) is 11.5 Å². The Labute approximate surface area is 113 Å². The number of phenolic OH excluding ortho intramolecular Hbond substituents is 2. The van der Waals surface area contributed by atoms with E-state index < -0.39 is 11.4 Å². The van der Waals surface area contributed by atoms with Crippen molar-refractivity contribution in [1.29, 1.82) is 0 Å². The van der Waals surface area contributed by atoms with Crippen LogP contribution in [0.15, 0.2) is 35.1 Å². The predicted octanol–water partition coefficient (Wildman–Crippen LogP) is 2.91. The summed E-state index contributed by atoms with van der Waals surface area (Å²) in [6.45, 7) is 0. The van der Waals surface area contributed by atoms with Crippen LogP contribution in [0.3, 0.4) is 0 Å². The summed E-state index contributed by atoms with van der Waals surface area (Å²) in [5.74, 6) is -0.995. The van der Waals surface area contributed by atoms with Crippen molar-refractivity contribution in [3.8, 4) is 11.5 Å². The Morgan fingerprint density at radius 1 is 1.11 bits per heavy atom. The molecule has 0 amide bonds. The maximum atomic E-state index is 10.4. The van der Waals surface area contributed by atoms with E-state index in [9.17, 15) is 20.4 Å². The fourth-order valence-corrected chi connectivity index (χ4v) is 2.15. The van der Waals surface area contributed by atoms with Gasteiger partial charge in [-0.2, -0.15) is 0 Å². The molecule has 0 bridgehead atoms. The maximum Gasteiger partial charge on any atom is 0.144 e. The van der Waals surface area contributed by atoms with E-state index in [0.717, 1.165) is 0 Å². The summed E-state index contributed by atoms with van der Waals surface area (Å²) in [5.41, 5.74) is -1.93. The number of rotatable bonds is 1. The quantitative estimate of drug-likeness (QED) is 0.641. The molecule has 0 heterocycles. The summed E-state index contributed by atoms with van der Waals surface area (Å²) in [7, 11) is 0. The van der Waals surface area contributed by atoms with E-state index in [-0.39, 0.29) is 33.5 Å². The van der Waals surface area contributed by atoms with Crippen LogP contribution in [-0.2, 0) is 5.60 Å². The fraction of sp³-hybridized carbons (Fsp3) is 0.167. The minimum absolute atomic E-state index is 0.00948. The Morgan fingerprint density at radius 2 is 1.78 bits per heavy atom. The van der Waals surface area contributed by atoms with Gasteiger partial charge in [0.15, 0.2) is 0 Å². The average Bonchev–Trinajstić information content (AvgIpc) is 2.30. The molecule has 0 radical (unpaired) electrons. The van der Waals surface area contributed by atoms with Gasteiger partial charge in [0.05, 0.1) is 15.6 Å². The Kier molecular flexibility index (Phi) is 3.19. The zero-order chi connectivity index (χ0) is 13.5. The number of allylic oxidation sites excluding steroid dienone is 2. The largest absolute Gasteiger partial charge is 0.511 e.